The van der Waals surface area contributed by atoms with E-state index in [2.05, 4.69) is 10.2 Å². The summed E-state index contributed by atoms with van der Waals surface area (Å²) in [6.07, 6.45) is -0.714. The molecule has 0 unspecified atom stereocenters. The van der Waals surface area contributed by atoms with E-state index in [4.69, 9.17) is 13.9 Å². The number of esters is 1. The molecule has 0 aliphatic rings. The molecule has 0 N–H and O–H groups in total. The Balaban J connectivity index is 1.55. The Bertz CT molecular complexity index is 834. The van der Waals surface area contributed by atoms with E-state index in [1.165, 1.54) is 24.3 Å². The zero-order valence-electron chi connectivity index (χ0n) is 13.4. The van der Waals surface area contributed by atoms with E-state index in [-0.39, 0.29) is 18.3 Å². The molecule has 1 aromatic heterocycles. The minimum atomic E-state index is -0.714. The molecule has 128 valence electrons. The van der Waals surface area contributed by atoms with Crippen LogP contribution in [0.5, 0.6) is 5.75 Å². The van der Waals surface area contributed by atoms with E-state index < -0.39 is 12.1 Å². The van der Waals surface area contributed by atoms with Gasteiger partial charge in [-0.05, 0) is 43.3 Å². The van der Waals surface area contributed by atoms with Gasteiger partial charge < -0.3 is 13.9 Å². The second-order valence-electron chi connectivity index (χ2n) is 5.19. The van der Waals surface area contributed by atoms with E-state index in [9.17, 15) is 9.18 Å². The van der Waals surface area contributed by atoms with Gasteiger partial charge in [-0.3, -0.25) is 0 Å². The van der Waals surface area contributed by atoms with Gasteiger partial charge in [-0.1, -0.05) is 18.2 Å². The summed E-state index contributed by atoms with van der Waals surface area (Å²) in [5.74, 6) is -0.0735. The maximum Gasteiger partial charge on any atom is 0.344 e. The molecular weight excluding hydrogens is 327 g/mol. The predicted molar refractivity (Wildman–Crippen MR) is 86.1 cm³/mol. The lowest BCUT2D eigenvalue weighted by Crippen LogP contribution is -2.17. The van der Waals surface area contributed by atoms with Gasteiger partial charge in [0, 0.05) is 5.56 Å². The molecule has 7 heteroatoms. The van der Waals surface area contributed by atoms with Crippen molar-refractivity contribution >= 4 is 5.97 Å². The summed E-state index contributed by atoms with van der Waals surface area (Å²) in [5.41, 5.74) is 0.777. The third-order valence-electron chi connectivity index (χ3n) is 3.29. The number of nitrogens with zero attached hydrogens (tertiary/aromatic N) is 2. The third-order valence-corrected chi connectivity index (χ3v) is 3.29. The number of ether oxygens (including phenoxy) is 2. The molecule has 1 heterocycles. The van der Waals surface area contributed by atoms with Crippen LogP contribution < -0.4 is 4.74 Å². The summed E-state index contributed by atoms with van der Waals surface area (Å²) in [4.78, 5) is 11.8. The molecule has 0 fully saturated rings. The number of carbonyl (C=O) groups is 1. The molecule has 0 bridgehead atoms. The molecule has 0 aliphatic carbocycles. The van der Waals surface area contributed by atoms with E-state index >= 15 is 0 Å². The second kappa shape index (κ2) is 7.57. The fourth-order valence-electron chi connectivity index (χ4n) is 2.05. The van der Waals surface area contributed by atoms with Gasteiger partial charge in [0.25, 0.3) is 5.89 Å². The van der Waals surface area contributed by atoms with Crippen molar-refractivity contribution in [2.24, 2.45) is 0 Å². The molecule has 0 spiro atoms. The first-order valence-electron chi connectivity index (χ1n) is 7.58. The van der Waals surface area contributed by atoms with Crippen molar-refractivity contribution < 1.29 is 23.1 Å². The van der Waals surface area contributed by atoms with Crippen LogP contribution >= 0.6 is 0 Å². The number of benzene rings is 2. The number of hydrogen-bond donors (Lipinski definition) is 0. The molecule has 0 radical (unpaired) electrons. The summed E-state index contributed by atoms with van der Waals surface area (Å²) in [5, 5.41) is 7.84. The number of halogens is 1. The first-order chi connectivity index (χ1) is 12.1. The second-order valence-corrected chi connectivity index (χ2v) is 5.19. The van der Waals surface area contributed by atoms with Crippen LogP contribution in [0.2, 0.25) is 0 Å². The van der Waals surface area contributed by atoms with Gasteiger partial charge in [-0.2, -0.15) is 0 Å². The van der Waals surface area contributed by atoms with Gasteiger partial charge in [0.15, 0.2) is 12.7 Å². The Kier molecular flexibility index (Phi) is 5.03. The summed E-state index contributed by atoms with van der Waals surface area (Å²) >= 11 is 0. The van der Waals surface area contributed by atoms with Crippen LogP contribution in [0, 0.1) is 5.82 Å². The molecule has 3 aromatic rings. The monoisotopic (exact) mass is 342 g/mol. The highest BCUT2D eigenvalue weighted by atomic mass is 19.1. The molecule has 1 atom stereocenters. The first kappa shape index (κ1) is 16.6. The van der Waals surface area contributed by atoms with Crippen LogP contribution in [0.3, 0.4) is 0 Å². The summed E-state index contributed by atoms with van der Waals surface area (Å²) in [7, 11) is 0. The highest BCUT2D eigenvalue weighted by molar-refractivity contribution is 5.71. The highest BCUT2D eigenvalue weighted by Crippen LogP contribution is 2.22. The number of hydrogen-bond acceptors (Lipinski definition) is 6. The molecule has 2 aromatic carbocycles. The van der Waals surface area contributed by atoms with E-state index in [1.54, 1.807) is 6.92 Å². The van der Waals surface area contributed by atoms with Crippen molar-refractivity contribution in [3.05, 3.63) is 66.3 Å². The molecular formula is C18H15FN2O4. The minimum absolute atomic E-state index is 0.189. The van der Waals surface area contributed by atoms with Crippen molar-refractivity contribution in [2.45, 2.75) is 13.0 Å². The normalized spacial score (nSPS) is 11.8. The van der Waals surface area contributed by atoms with E-state index in [0.29, 0.717) is 11.6 Å². The first-order valence-corrected chi connectivity index (χ1v) is 7.58. The Hall–Kier alpha value is -3.22. The highest BCUT2D eigenvalue weighted by Gasteiger charge is 2.19. The Morgan fingerprint density at radius 3 is 2.56 bits per heavy atom. The Labute approximate surface area is 143 Å². The Morgan fingerprint density at radius 1 is 1.12 bits per heavy atom. The topological polar surface area (TPSA) is 74.5 Å². The average molecular weight is 342 g/mol. The number of carbonyl (C=O) groups excluding carboxylic acids is 1. The lowest BCUT2D eigenvalue weighted by Gasteiger charge is -2.10. The lowest BCUT2D eigenvalue weighted by atomic mass is 10.2. The third kappa shape index (κ3) is 4.41. The quantitative estimate of drug-likeness (QED) is 0.638. The summed E-state index contributed by atoms with van der Waals surface area (Å²) in [6.45, 7) is 1.31. The van der Waals surface area contributed by atoms with E-state index in [1.807, 2.05) is 30.3 Å². The van der Waals surface area contributed by atoms with Crippen LogP contribution in [0.15, 0.2) is 59.0 Å². The molecule has 0 aliphatic heterocycles. The van der Waals surface area contributed by atoms with Gasteiger partial charge in [-0.25, -0.2) is 9.18 Å². The van der Waals surface area contributed by atoms with Gasteiger partial charge >= 0.3 is 5.97 Å². The van der Waals surface area contributed by atoms with Gasteiger partial charge in [0.2, 0.25) is 5.89 Å². The maximum absolute atomic E-state index is 12.8. The van der Waals surface area contributed by atoms with Crippen molar-refractivity contribution in [1.29, 1.82) is 0 Å². The standard InChI is InChI=1S/C18H15FN2O4/c1-12(17-20-21-18(25-17)13-5-3-2-4-6-13)24-16(22)11-23-15-9-7-14(19)8-10-15/h2-10,12H,11H2,1H3/t12-/m0/s1. The molecule has 6 nitrogen and oxygen atoms in total. The molecule has 0 saturated heterocycles. The summed E-state index contributed by atoms with van der Waals surface area (Å²) in [6, 6.07) is 14.6. The van der Waals surface area contributed by atoms with Crippen LogP contribution in [0.1, 0.15) is 18.9 Å². The molecule has 25 heavy (non-hydrogen) atoms. The van der Waals surface area contributed by atoms with Crippen molar-refractivity contribution in [2.75, 3.05) is 6.61 Å². The fraction of sp³-hybridized carbons (Fsp3) is 0.167. The zero-order chi connectivity index (χ0) is 17.6. The average Bonchev–Trinajstić information content (AvgIpc) is 3.12. The van der Waals surface area contributed by atoms with Crippen LogP contribution in [0.25, 0.3) is 11.5 Å². The van der Waals surface area contributed by atoms with Crippen LogP contribution in [0.4, 0.5) is 4.39 Å². The fourth-order valence-corrected chi connectivity index (χ4v) is 2.05. The van der Waals surface area contributed by atoms with Gasteiger partial charge in [0.05, 0.1) is 0 Å². The van der Waals surface area contributed by atoms with Crippen molar-refractivity contribution in [3.63, 3.8) is 0 Å². The van der Waals surface area contributed by atoms with E-state index in [0.717, 1.165) is 5.56 Å². The maximum atomic E-state index is 12.8. The smallest absolute Gasteiger partial charge is 0.344 e. The van der Waals surface area contributed by atoms with Crippen LogP contribution in [-0.4, -0.2) is 22.8 Å². The molecule has 0 amide bonds. The minimum Gasteiger partial charge on any atom is -0.482 e. The lowest BCUT2D eigenvalue weighted by molar-refractivity contribution is -0.152. The van der Waals surface area contributed by atoms with Crippen molar-refractivity contribution in [3.8, 4) is 17.2 Å². The molecule has 0 saturated carbocycles. The van der Waals surface area contributed by atoms with Gasteiger partial charge in [0.1, 0.15) is 11.6 Å². The number of aromatic nitrogens is 2. The largest absolute Gasteiger partial charge is 0.482 e. The summed E-state index contributed by atoms with van der Waals surface area (Å²) < 4.78 is 28.7. The van der Waals surface area contributed by atoms with Gasteiger partial charge in [-0.15, -0.1) is 10.2 Å². The van der Waals surface area contributed by atoms with Crippen molar-refractivity contribution in [1.82, 2.24) is 10.2 Å². The predicted octanol–water partition coefficient (Wildman–Crippen LogP) is 3.56. The number of rotatable bonds is 6. The zero-order valence-corrected chi connectivity index (χ0v) is 13.4. The van der Waals surface area contributed by atoms with Crippen LogP contribution in [-0.2, 0) is 9.53 Å². The Morgan fingerprint density at radius 2 is 1.84 bits per heavy atom. The SMILES string of the molecule is C[C@H](OC(=O)COc1ccc(F)cc1)c1nnc(-c2ccccc2)o1. The molecule has 3 rings (SSSR count).